The number of aliphatic imine (C=N–C) groups is 1. The quantitative estimate of drug-likeness (QED) is 0.284. The highest BCUT2D eigenvalue weighted by molar-refractivity contribution is 14.0. The number of nitrogens with one attached hydrogen (secondary N) is 2. The van der Waals surface area contributed by atoms with Gasteiger partial charge in [-0.25, -0.2) is 0 Å². The SMILES string of the molecule is CN=C(NCc1ccccc1COc1ccccc1Cl)NC1CCN(C(C)C)CC1.I. The number of para-hydroxylation sites is 1. The van der Waals surface area contributed by atoms with Crippen LogP contribution in [0, 0.1) is 0 Å². The highest BCUT2D eigenvalue weighted by Gasteiger charge is 2.21. The first-order valence-corrected chi connectivity index (χ1v) is 11.1. The number of benzene rings is 2. The second-order valence-electron chi connectivity index (χ2n) is 7.96. The molecule has 1 saturated heterocycles. The van der Waals surface area contributed by atoms with Crippen LogP contribution in [0.15, 0.2) is 53.5 Å². The normalized spacial score (nSPS) is 15.5. The van der Waals surface area contributed by atoms with Crippen LogP contribution in [0.5, 0.6) is 5.75 Å². The minimum atomic E-state index is 0. The Morgan fingerprint density at radius 2 is 1.74 bits per heavy atom. The van der Waals surface area contributed by atoms with Gasteiger partial charge in [0.15, 0.2) is 5.96 Å². The van der Waals surface area contributed by atoms with Crippen LogP contribution in [0.4, 0.5) is 0 Å². The van der Waals surface area contributed by atoms with E-state index in [-0.39, 0.29) is 24.0 Å². The van der Waals surface area contributed by atoms with Gasteiger partial charge in [0.1, 0.15) is 12.4 Å². The van der Waals surface area contributed by atoms with Gasteiger partial charge in [0.25, 0.3) is 0 Å². The Balaban J connectivity index is 0.00000341. The molecule has 7 heteroatoms. The molecule has 2 aromatic rings. The van der Waals surface area contributed by atoms with Gasteiger partial charge < -0.3 is 20.3 Å². The standard InChI is InChI=1S/C24H33ClN4O.HI/c1-18(2)29-14-12-21(13-15-29)28-24(26-3)27-16-19-8-4-5-9-20(19)17-30-23-11-7-6-10-22(23)25;/h4-11,18,21H,12-17H2,1-3H3,(H2,26,27,28);1H. The number of ether oxygens (including phenoxy) is 1. The first-order valence-electron chi connectivity index (χ1n) is 10.7. The summed E-state index contributed by atoms with van der Waals surface area (Å²) in [6.07, 6.45) is 2.28. The summed E-state index contributed by atoms with van der Waals surface area (Å²) in [7, 11) is 1.82. The molecular weight excluding hydrogens is 523 g/mol. The van der Waals surface area contributed by atoms with E-state index in [1.54, 1.807) is 0 Å². The van der Waals surface area contributed by atoms with Gasteiger partial charge in [-0.1, -0.05) is 48.0 Å². The average molecular weight is 557 g/mol. The summed E-state index contributed by atoms with van der Waals surface area (Å²) in [5, 5.41) is 7.67. The molecular formula is C24H34ClIN4O. The molecule has 2 aromatic carbocycles. The first kappa shape index (κ1) is 25.7. The highest BCUT2D eigenvalue weighted by atomic mass is 127. The Morgan fingerprint density at radius 3 is 2.39 bits per heavy atom. The predicted octanol–water partition coefficient (Wildman–Crippen LogP) is 5.07. The molecule has 170 valence electrons. The number of nitrogens with zero attached hydrogens (tertiary/aromatic N) is 2. The van der Waals surface area contributed by atoms with Gasteiger partial charge >= 0.3 is 0 Å². The molecule has 1 fully saturated rings. The van der Waals surface area contributed by atoms with Crippen LogP contribution in [-0.4, -0.2) is 43.1 Å². The van der Waals surface area contributed by atoms with Crippen LogP contribution >= 0.6 is 35.6 Å². The Hall–Kier alpha value is -1.51. The molecule has 0 aliphatic carbocycles. The minimum Gasteiger partial charge on any atom is -0.487 e. The van der Waals surface area contributed by atoms with Gasteiger partial charge in [0, 0.05) is 38.8 Å². The number of guanidine groups is 1. The number of halogens is 2. The van der Waals surface area contributed by atoms with E-state index >= 15 is 0 Å². The maximum Gasteiger partial charge on any atom is 0.191 e. The Morgan fingerprint density at radius 1 is 1.10 bits per heavy atom. The van der Waals surface area contributed by atoms with Crippen LogP contribution in [0.1, 0.15) is 37.8 Å². The summed E-state index contributed by atoms with van der Waals surface area (Å²) in [6.45, 7) is 7.96. The molecule has 0 bridgehead atoms. The third kappa shape index (κ3) is 7.84. The van der Waals surface area contributed by atoms with E-state index in [1.165, 1.54) is 5.56 Å². The van der Waals surface area contributed by atoms with Gasteiger partial charge in [-0.2, -0.15) is 0 Å². The van der Waals surface area contributed by atoms with Crippen molar-refractivity contribution in [3.05, 3.63) is 64.7 Å². The van der Waals surface area contributed by atoms with E-state index in [0.29, 0.717) is 36.0 Å². The predicted molar refractivity (Wildman–Crippen MR) is 141 cm³/mol. The summed E-state index contributed by atoms with van der Waals surface area (Å²) in [6, 6.07) is 16.9. The zero-order valence-electron chi connectivity index (χ0n) is 18.6. The third-order valence-electron chi connectivity index (χ3n) is 5.61. The first-order chi connectivity index (χ1) is 14.6. The number of likely N-dealkylation sites (tertiary alicyclic amines) is 1. The fourth-order valence-corrected chi connectivity index (χ4v) is 3.91. The lowest BCUT2D eigenvalue weighted by molar-refractivity contribution is 0.167. The van der Waals surface area contributed by atoms with Gasteiger partial charge in [-0.15, -0.1) is 24.0 Å². The van der Waals surface area contributed by atoms with E-state index in [1.807, 2.05) is 43.4 Å². The van der Waals surface area contributed by atoms with Crippen molar-refractivity contribution >= 4 is 41.5 Å². The molecule has 5 nitrogen and oxygen atoms in total. The second-order valence-corrected chi connectivity index (χ2v) is 8.37. The molecule has 31 heavy (non-hydrogen) atoms. The molecule has 0 radical (unpaired) electrons. The number of hydrogen-bond donors (Lipinski definition) is 2. The summed E-state index contributed by atoms with van der Waals surface area (Å²) >= 11 is 6.21. The van der Waals surface area contributed by atoms with Crippen molar-refractivity contribution in [3.63, 3.8) is 0 Å². The Kier molecular flexibility index (Phi) is 10.9. The smallest absolute Gasteiger partial charge is 0.191 e. The molecule has 0 aromatic heterocycles. The van der Waals surface area contributed by atoms with Crippen LogP contribution < -0.4 is 15.4 Å². The zero-order chi connectivity index (χ0) is 21.3. The van der Waals surface area contributed by atoms with Crippen LogP contribution in [0.3, 0.4) is 0 Å². The topological polar surface area (TPSA) is 48.9 Å². The van der Waals surface area contributed by atoms with Crippen LogP contribution in [0.25, 0.3) is 0 Å². The van der Waals surface area contributed by atoms with Crippen molar-refractivity contribution in [2.75, 3.05) is 20.1 Å². The lowest BCUT2D eigenvalue weighted by Gasteiger charge is -2.35. The molecule has 2 N–H and O–H groups in total. The van der Waals surface area contributed by atoms with E-state index in [4.69, 9.17) is 16.3 Å². The largest absolute Gasteiger partial charge is 0.487 e. The number of piperidine rings is 1. The molecule has 1 aliphatic heterocycles. The number of hydrogen-bond acceptors (Lipinski definition) is 3. The second kappa shape index (κ2) is 13.1. The third-order valence-corrected chi connectivity index (χ3v) is 5.92. The lowest BCUT2D eigenvalue weighted by atomic mass is 10.0. The lowest BCUT2D eigenvalue weighted by Crippen LogP contribution is -2.49. The zero-order valence-corrected chi connectivity index (χ0v) is 21.7. The van der Waals surface area contributed by atoms with E-state index in [9.17, 15) is 0 Å². The van der Waals surface area contributed by atoms with Crippen molar-refractivity contribution in [1.82, 2.24) is 15.5 Å². The van der Waals surface area contributed by atoms with Crippen molar-refractivity contribution in [3.8, 4) is 5.75 Å². The summed E-state index contributed by atoms with van der Waals surface area (Å²) in [5.41, 5.74) is 2.31. The monoisotopic (exact) mass is 556 g/mol. The van der Waals surface area contributed by atoms with Gasteiger partial charge in [-0.05, 0) is 49.9 Å². The average Bonchev–Trinajstić information content (AvgIpc) is 2.77. The van der Waals surface area contributed by atoms with Crippen molar-refractivity contribution in [2.24, 2.45) is 4.99 Å². The van der Waals surface area contributed by atoms with Crippen molar-refractivity contribution in [1.29, 1.82) is 0 Å². The molecule has 0 unspecified atom stereocenters. The van der Waals surface area contributed by atoms with Crippen LogP contribution in [0.2, 0.25) is 5.02 Å². The molecule has 1 heterocycles. The molecule has 1 aliphatic rings. The van der Waals surface area contributed by atoms with E-state index < -0.39 is 0 Å². The fraction of sp³-hybridized carbons (Fsp3) is 0.458. The number of rotatable bonds is 7. The highest BCUT2D eigenvalue weighted by Crippen LogP contribution is 2.24. The van der Waals surface area contributed by atoms with Crippen molar-refractivity contribution < 1.29 is 4.74 Å². The van der Waals surface area contributed by atoms with Gasteiger partial charge in [0.05, 0.1) is 5.02 Å². The summed E-state index contributed by atoms with van der Waals surface area (Å²) < 4.78 is 5.94. The Bertz CT molecular complexity index is 838. The van der Waals surface area contributed by atoms with E-state index in [2.05, 4.69) is 46.5 Å². The fourth-order valence-electron chi connectivity index (χ4n) is 3.72. The minimum absolute atomic E-state index is 0. The van der Waals surface area contributed by atoms with Gasteiger partial charge in [0.2, 0.25) is 0 Å². The van der Waals surface area contributed by atoms with Crippen molar-refractivity contribution in [2.45, 2.75) is 51.9 Å². The molecule has 0 amide bonds. The van der Waals surface area contributed by atoms with E-state index in [0.717, 1.165) is 37.5 Å². The molecule has 0 saturated carbocycles. The molecule has 3 rings (SSSR count). The maximum atomic E-state index is 6.21. The summed E-state index contributed by atoms with van der Waals surface area (Å²) in [4.78, 5) is 6.95. The summed E-state index contributed by atoms with van der Waals surface area (Å²) in [5.74, 6) is 1.55. The molecule has 0 atom stereocenters. The maximum absolute atomic E-state index is 6.21. The van der Waals surface area contributed by atoms with Crippen LogP contribution in [-0.2, 0) is 13.2 Å². The molecule has 0 spiro atoms. The van der Waals surface area contributed by atoms with Gasteiger partial charge in [-0.3, -0.25) is 4.99 Å². The Labute approximate surface area is 208 Å².